The Hall–Kier alpha value is -2.60. The summed E-state index contributed by atoms with van der Waals surface area (Å²) in [7, 11) is 0. The second-order valence-corrected chi connectivity index (χ2v) is 9.07. The molecule has 0 saturated carbocycles. The van der Waals surface area contributed by atoms with Gasteiger partial charge < -0.3 is 20.0 Å². The van der Waals surface area contributed by atoms with Crippen molar-refractivity contribution in [2.45, 2.75) is 51.5 Å². The van der Waals surface area contributed by atoms with Crippen molar-refractivity contribution in [3.63, 3.8) is 0 Å². The van der Waals surface area contributed by atoms with Gasteiger partial charge in [-0.3, -0.25) is 9.59 Å². The van der Waals surface area contributed by atoms with E-state index >= 15 is 0 Å². The molecule has 0 spiro atoms. The minimum atomic E-state index is -0.154. The van der Waals surface area contributed by atoms with E-state index in [0.29, 0.717) is 18.7 Å². The SMILES string of the molecule is CC(C)(C)c1ccc(C(=O)NCCC(=O)NC[C@@H](c2ccco2)[NH+]2CCCC2)cc1. The van der Waals surface area contributed by atoms with Gasteiger partial charge in [0.1, 0.15) is 0 Å². The first-order valence-electron chi connectivity index (χ1n) is 10.9. The van der Waals surface area contributed by atoms with Crippen LogP contribution in [0, 0.1) is 0 Å². The molecule has 1 fully saturated rings. The van der Waals surface area contributed by atoms with E-state index in [1.54, 1.807) is 6.26 Å². The van der Waals surface area contributed by atoms with Crippen LogP contribution in [0.1, 0.15) is 67.8 Å². The largest absolute Gasteiger partial charge is 0.463 e. The van der Waals surface area contributed by atoms with Gasteiger partial charge in [0.25, 0.3) is 5.91 Å². The average molecular weight is 413 g/mol. The Labute approximate surface area is 179 Å². The molecule has 3 N–H and O–H groups in total. The number of carbonyl (C=O) groups excluding carboxylic acids is 2. The highest BCUT2D eigenvalue weighted by Gasteiger charge is 2.29. The van der Waals surface area contributed by atoms with E-state index in [1.807, 2.05) is 36.4 Å². The van der Waals surface area contributed by atoms with Crippen molar-refractivity contribution in [3.05, 3.63) is 59.5 Å². The fraction of sp³-hybridized carbons (Fsp3) is 0.500. The van der Waals surface area contributed by atoms with Crippen LogP contribution in [0.4, 0.5) is 0 Å². The van der Waals surface area contributed by atoms with Gasteiger partial charge in [0.15, 0.2) is 11.8 Å². The maximum atomic E-state index is 12.3. The number of benzene rings is 1. The smallest absolute Gasteiger partial charge is 0.251 e. The molecule has 1 aromatic carbocycles. The summed E-state index contributed by atoms with van der Waals surface area (Å²) in [6, 6.07) is 11.7. The van der Waals surface area contributed by atoms with Crippen molar-refractivity contribution in [3.8, 4) is 0 Å². The Balaban J connectivity index is 1.43. The fourth-order valence-corrected chi connectivity index (χ4v) is 3.93. The molecule has 3 rings (SSSR count). The predicted octanol–water partition coefficient (Wildman–Crippen LogP) is 2.23. The summed E-state index contributed by atoms with van der Waals surface area (Å²) in [6.07, 6.45) is 4.36. The zero-order valence-electron chi connectivity index (χ0n) is 18.3. The molecule has 0 radical (unpaired) electrons. The summed E-state index contributed by atoms with van der Waals surface area (Å²) in [4.78, 5) is 26.1. The Morgan fingerprint density at radius 1 is 1.07 bits per heavy atom. The molecule has 1 aliphatic heterocycles. The molecule has 30 heavy (non-hydrogen) atoms. The van der Waals surface area contributed by atoms with Gasteiger partial charge in [0.05, 0.1) is 25.9 Å². The molecule has 1 aliphatic rings. The summed E-state index contributed by atoms with van der Waals surface area (Å²) in [5.74, 6) is 0.700. The molecule has 2 amide bonds. The summed E-state index contributed by atoms with van der Waals surface area (Å²) >= 11 is 0. The van der Waals surface area contributed by atoms with Crippen molar-refractivity contribution in [2.24, 2.45) is 0 Å². The standard InChI is InChI=1S/C24H33N3O3/c1-24(2,3)19-10-8-18(9-11-19)23(29)25-13-12-22(28)26-17-20(21-7-6-16-30-21)27-14-4-5-15-27/h6-11,16,20H,4-5,12-15,17H2,1-3H3,(H,25,29)(H,26,28)/p+1/t20-/m0/s1. The summed E-state index contributed by atoms with van der Waals surface area (Å²) in [5.41, 5.74) is 1.85. The van der Waals surface area contributed by atoms with Crippen LogP contribution in [-0.4, -0.2) is 38.0 Å². The number of hydrogen-bond acceptors (Lipinski definition) is 3. The van der Waals surface area contributed by atoms with Gasteiger partial charge >= 0.3 is 0 Å². The number of hydrogen-bond donors (Lipinski definition) is 3. The molecule has 1 atom stereocenters. The zero-order chi connectivity index (χ0) is 21.6. The van der Waals surface area contributed by atoms with Crippen LogP contribution in [0.3, 0.4) is 0 Å². The zero-order valence-corrected chi connectivity index (χ0v) is 18.3. The maximum absolute atomic E-state index is 12.3. The van der Waals surface area contributed by atoms with Crippen molar-refractivity contribution in [1.29, 1.82) is 0 Å². The monoisotopic (exact) mass is 412 g/mol. The normalized spacial score (nSPS) is 15.7. The molecule has 1 saturated heterocycles. The predicted molar refractivity (Wildman–Crippen MR) is 116 cm³/mol. The Morgan fingerprint density at radius 2 is 1.77 bits per heavy atom. The fourth-order valence-electron chi connectivity index (χ4n) is 3.93. The van der Waals surface area contributed by atoms with Crippen LogP contribution in [0.2, 0.25) is 0 Å². The van der Waals surface area contributed by atoms with Crippen LogP contribution in [0.15, 0.2) is 47.1 Å². The lowest BCUT2D eigenvalue weighted by atomic mass is 9.87. The van der Waals surface area contributed by atoms with Crippen LogP contribution >= 0.6 is 0 Å². The third-order valence-corrected chi connectivity index (χ3v) is 5.78. The van der Waals surface area contributed by atoms with E-state index in [0.717, 1.165) is 18.8 Å². The van der Waals surface area contributed by atoms with Crippen molar-refractivity contribution < 1.29 is 18.9 Å². The highest BCUT2D eigenvalue weighted by molar-refractivity contribution is 5.94. The lowest BCUT2D eigenvalue weighted by Gasteiger charge is -2.23. The topological polar surface area (TPSA) is 75.8 Å². The highest BCUT2D eigenvalue weighted by atomic mass is 16.3. The van der Waals surface area contributed by atoms with Gasteiger partial charge in [-0.25, -0.2) is 0 Å². The molecule has 2 heterocycles. The van der Waals surface area contributed by atoms with Crippen LogP contribution in [0.25, 0.3) is 0 Å². The maximum Gasteiger partial charge on any atom is 0.251 e. The Kier molecular flexibility index (Phi) is 7.32. The second kappa shape index (κ2) is 9.94. The Morgan fingerprint density at radius 3 is 2.37 bits per heavy atom. The number of amides is 2. The molecule has 6 nitrogen and oxygen atoms in total. The molecule has 2 aromatic rings. The third-order valence-electron chi connectivity index (χ3n) is 5.78. The number of likely N-dealkylation sites (tertiary alicyclic amines) is 1. The first kappa shape index (κ1) is 22.1. The summed E-state index contributed by atoms with van der Waals surface area (Å²) < 4.78 is 5.60. The minimum absolute atomic E-state index is 0.0530. The van der Waals surface area contributed by atoms with Gasteiger partial charge in [0, 0.05) is 31.4 Å². The lowest BCUT2D eigenvalue weighted by Crippen LogP contribution is -3.11. The van der Waals surface area contributed by atoms with Gasteiger partial charge in [-0.1, -0.05) is 32.9 Å². The Bertz CT molecular complexity index is 816. The molecule has 0 bridgehead atoms. The molecular formula is C24H34N3O3+. The average Bonchev–Trinajstić information content (AvgIpc) is 3.42. The molecular weight excluding hydrogens is 378 g/mol. The van der Waals surface area contributed by atoms with Crippen molar-refractivity contribution in [2.75, 3.05) is 26.2 Å². The van der Waals surface area contributed by atoms with Crippen molar-refractivity contribution >= 4 is 11.8 Å². The van der Waals surface area contributed by atoms with Gasteiger partial charge in [-0.05, 0) is 35.2 Å². The molecule has 0 aliphatic carbocycles. The van der Waals surface area contributed by atoms with Crippen molar-refractivity contribution in [1.82, 2.24) is 10.6 Å². The first-order chi connectivity index (χ1) is 14.3. The molecule has 6 heteroatoms. The number of nitrogens with one attached hydrogen (secondary N) is 3. The molecule has 0 unspecified atom stereocenters. The van der Waals surface area contributed by atoms with Gasteiger partial charge in [0.2, 0.25) is 5.91 Å². The van der Waals surface area contributed by atoms with Crippen LogP contribution < -0.4 is 15.5 Å². The van der Waals surface area contributed by atoms with E-state index in [4.69, 9.17) is 4.42 Å². The third kappa shape index (κ3) is 5.95. The number of furan rings is 1. The minimum Gasteiger partial charge on any atom is -0.463 e. The highest BCUT2D eigenvalue weighted by Crippen LogP contribution is 2.22. The van der Waals surface area contributed by atoms with Crippen LogP contribution in [-0.2, 0) is 10.2 Å². The first-order valence-corrected chi connectivity index (χ1v) is 10.9. The number of quaternary nitrogens is 1. The molecule has 162 valence electrons. The second-order valence-electron chi connectivity index (χ2n) is 9.07. The summed E-state index contributed by atoms with van der Waals surface area (Å²) in [5, 5.41) is 5.85. The van der Waals surface area contributed by atoms with E-state index in [1.165, 1.54) is 23.3 Å². The number of rotatable bonds is 8. The van der Waals surface area contributed by atoms with E-state index in [9.17, 15) is 9.59 Å². The van der Waals surface area contributed by atoms with Crippen LogP contribution in [0.5, 0.6) is 0 Å². The number of carbonyl (C=O) groups is 2. The van der Waals surface area contributed by atoms with Gasteiger partial charge in [-0.2, -0.15) is 0 Å². The quantitative estimate of drug-likeness (QED) is 0.622. The van der Waals surface area contributed by atoms with Gasteiger partial charge in [-0.15, -0.1) is 0 Å². The van der Waals surface area contributed by atoms with E-state index < -0.39 is 0 Å². The lowest BCUT2D eigenvalue weighted by molar-refractivity contribution is -0.919. The van der Waals surface area contributed by atoms with E-state index in [2.05, 4.69) is 31.4 Å². The van der Waals surface area contributed by atoms with E-state index in [-0.39, 0.29) is 29.7 Å². The summed E-state index contributed by atoms with van der Waals surface area (Å²) in [6.45, 7) is 9.49. The molecule has 1 aromatic heterocycles.